The zero-order valence-electron chi connectivity index (χ0n) is 12.3. The molecule has 0 amide bonds. The van der Waals surface area contributed by atoms with Gasteiger partial charge in [0.25, 0.3) is 0 Å². The minimum atomic E-state index is -0.879. The predicted octanol–water partition coefficient (Wildman–Crippen LogP) is 0.617. The van der Waals surface area contributed by atoms with Crippen molar-refractivity contribution in [1.82, 2.24) is 0 Å². The summed E-state index contributed by atoms with van der Waals surface area (Å²) in [5, 5.41) is 0. The van der Waals surface area contributed by atoms with Gasteiger partial charge in [-0.3, -0.25) is 9.59 Å². The first-order valence-electron chi connectivity index (χ1n) is 6.56. The van der Waals surface area contributed by atoms with Gasteiger partial charge in [0, 0.05) is 0 Å². The lowest BCUT2D eigenvalue weighted by Crippen LogP contribution is -2.33. The summed E-state index contributed by atoms with van der Waals surface area (Å²) in [4.78, 5) is 34.2. The van der Waals surface area contributed by atoms with Gasteiger partial charge in [0.15, 0.2) is 6.61 Å². The van der Waals surface area contributed by atoms with Crippen LogP contribution in [0.15, 0.2) is 12.7 Å². The van der Waals surface area contributed by atoms with Gasteiger partial charge in [-0.05, 0) is 13.8 Å². The van der Waals surface area contributed by atoms with Gasteiger partial charge in [0.2, 0.25) is 0 Å². The van der Waals surface area contributed by atoms with Gasteiger partial charge in [-0.15, -0.1) is 6.58 Å². The van der Waals surface area contributed by atoms with E-state index in [1.807, 2.05) is 0 Å². The highest BCUT2D eigenvalue weighted by molar-refractivity contribution is 5.80. The Balaban J connectivity index is 2.29. The molecule has 1 aliphatic heterocycles. The molecule has 0 aromatic rings. The van der Waals surface area contributed by atoms with Gasteiger partial charge < -0.3 is 18.9 Å². The van der Waals surface area contributed by atoms with Crippen molar-refractivity contribution in [2.75, 3.05) is 26.4 Å². The second-order valence-corrected chi connectivity index (χ2v) is 5.26. The van der Waals surface area contributed by atoms with Crippen molar-refractivity contribution in [3.63, 3.8) is 0 Å². The quantitative estimate of drug-likeness (QED) is 0.281. The number of hydrogen-bond acceptors (Lipinski definition) is 7. The summed E-state index contributed by atoms with van der Waals surface area (Å²) in [6.07, 6.45) is 0.997. The van der Waals surface area contributed by atoms with Crippen LogP contribution in [0.4, 0.5) is 0 Å². The molecule has 1 heterocycles. The van der Waals surface area contributed by atoms with Crippen molar-refractivity contribution in [2.45, 2.75) is 26.4 Å². The molecule has 1 atom stereocenters. The van der Waals surface area contributed by atoms with E-state index < -0.39 is 36.0 Å². The predicted molar refractivity (Wildman–Crippen MR) is 71.2 cm³/mol. The minimum Gasteiger partial charge on any atom is -0.462 e. The monoisotopic (exact) mass is 300 g/mol. The topological polar surface area (TPSA) is 88.1 Å². The van der Waals surface area contributed by atoms with Gasteiger partial charge in [-0.1, -0.05) is 6.08 Å². The minimum absolute atomic E-state index is 0.0283. The van der Waals surface area contributed by atoms with E-state index in [2.05, 4.69) is 11.3 Å². The SMILES string of the molecule is C=CCOCC(C)(C)C(=O)OCC(=O)OC1COC(=O)C1. The molecule has 0 N–H and O–H groups in total. The number of rotatable bonds is 8. The standard InChI is InChI=1S/C14H20O7/c1-4-5-18-9-14(2,3)13(17)20-8-12(16)21-10-6-11(15)19-7-10/h4,10H,1,5-9H2,2-3H3. The molecule has 0 radical (unpaired) electrons. The summed E-state index contributed by atoms with van der Waals surface area (Å²) >= 11 is 0. The van der Waals surface area contributed by atoms with E-state index in [1.165, 1.54) is 0 Å². The molecule has 21 heavy (non-hydrogen) atoms. The van der Waals surface area contributed by atoms with E-state index >= 15 is 0 Å². The van der Waals surface area contributed by atoms with Gasteiger partial charge >= 0.3 is 17.9 Å². The highest BCUT2D eigenvalue weighted by atomic mass is 16.6. The van der Waals surface area contributed by atoms with Gasteiger partial charge in [0.05, 0.1) is 25.0 Å². The second kappa shape index (κ2) is 7.78. The first-order valence-corrected chi connectivity index (χ1v) is 6.56. The third-order valence-corrected chi connectivity index (χ3v) is 2.69. The lowest BCUT2D eigenvalue weighted by atomic mass is 9.95. The zero-order chi connectivity index (χ0) is 15.9. The lowest BCUT2D eigenvalue weighted by molar-refractivity contribution is -0.168. The highest BCUT2D eigenvalue weighted by Crippen LogP contribution is 2.18. The number of hydrogen-bond donors (Lipinski definition) is 0. The molecule has 0 aromatic carbocycles. The number of cyclic esters (lactones) is 1. The summed E-state index contributed by atoms with van der Waals surface area (Å²) in [7, 11) is 0. The molecular formula is C14H20O7. The average Bonchev–Trinajstić information content (AvgIpc) is 2.81. The molecule has 7 nitrogen and oxygen atoms in total. The van der Waals surface area contributed by atoms with Crippen LogP contribution in [0, 0.1) is 5.41 Å². The van der Waals surface area contributed by atoms with Crippen molar-refractivity contribution < 1.29 is 33.3 Å². The van der Waals surface area contributed by atoms with Crippen LogP contribution < -0.4 is 0 Å². The average molecular weight is 300 g/mol. The maximum Gasteiger partial charge on any atom is 0.344 e. The Kier molecular flexibility index (Phi) is 6.36. The fraction of sp³-hybridized carbons (Fsp3) is 0.643. The van der Waals surface area contributed by atoms with Gasteiger partial charge in [-0.2, -0.15) is 0 Å². The Morgan fingerprint density at radius 3 is 2.76 bits per heavy atom. The van der Waals surface area contributed by atoms with Crippen molar-refractivity contribution in [1.29, 1.82) is 0 Å². The van der Waals surface area contributed by atoms with Crippen molar-refractivity contribution in [3.05, 3.63) is 12.7 Å². The summed E-state index contributed by atoms with van der Waals surface area (Å²) in [5.41, 5.74) is -0.879. The molecule has 0 aromatic heterocycles. The highest BCUT2D eigenvalue weighted by Gasteiger charge is 2.31. The van der Waals surface area contributed by atoms with E-state index in [-0.39, 0.29) is 19.6 Å². The van der Waals surface area contributed by atoms with Gasteiger partial charge in [-0.25, -0.2) is 4.79 Å². The Morgan fingerprint density at radius 2 is 2.19 bits per heavy atom. The van der Waals surface area contributed by atoms with Crippen LogP contribution in [0.25, 0.3) is 0 Å². The van der Waals surface area contributed by atoms with Crippen LogP contribution in [0.2, 0.25) is 0 Å². The molecule has 0 aliphatic carbocycles. The molecule has 1 rings (SSSR count). The van der Waals surface area contributed by atoms with E-state index in [4.69, 9.17) is 14.2 Å². The van der Waals surface area contributed by atoms with Crippen LogP contribution in [0.1, 0.15) is 20.3 Å². The molecule has 0 saturated carbocycles. The van der Waals surface area contributed by atoms with Crippen LogP contribution in [0.3, 0.4) is 0 Å². The van der Waals surface area contributed by atoms with Gasteiger partial charge in [0.1, 0.15) is 12.7 Å². The molecule has 0 spiro atoms. The molecule has 1 aliphatic rings. The number of carbonyl (C=O) groups is 3. The maximum absolute atomic E-state index is 11.8. The number of carbonyl (C=O) groups excluding carboxylic acids is 3. The summed E-state index contributed by atoms with van der Waals surface area (Å²) in [5.74, 6) is -1.69. The first kappa shape index (κ1) is 17.2. The van der Waals surface area contributed by atoms with Crippen LogP contribution >= 0.6 is 0 Å². The molecule has 0 bridgehead atoms. The molecule has 7 heteroatoms. The summed E-state index contributed by atoms with van der Waals surface area (Å²) in [6.45, 7) is 6.81. The maximum atomic E-state index is 11.8. The van der Waals surface area contributed by atoms with Crippen LogP contribution in [-0.4, -0.2) is 50.4 Å². The lowest BCUT2D eigenvalue weighted by Gasteiger charge is -2.21. The number of esters is 3. The largest absolute Gasteiger partial charge is 0.462 e. The molecule has 1 saturated heterocycles. The van der Waals surface area contributed by atoms with Crippen molar-refractivity contribution in [3.8, 4) is 0 Å². The Labute approximate surface area is 123 Å². The molecule has 1 fully saturated rings. The third-order valence-electron chi connectivity index (χ3n) is 2.69. The van der Waals surface area contributed by atoms with Crippen LogP contribution in [0.5, 0.6) is 0 Å². The third kappa shape index (κ3) is 5.95. The van der Waals surface area contributed by atoms with E-state index in [0.717, 1.165) is 0 Å². The fourth-order valence-electron chi connectivity index (χ4n) is 1.56. The molecule has 1 unspecified atom stereocenters. The second-order valence-electron chi connectivity index (χ2n) is 5.26. The Hall–Kier alpha value is -1.89. The van der Waals surface area contributed by atoms with E-state index in [0.29, 0.717) is 6.61 Å². The molecule has 118 valence electrons. The summed E-state index contributed by atoms with van der Waals surface area (Å²) in [6, 6.07) is 0. The van der Waals surface area contributed by atoms with E-state index in [9.17, 15) is 14.4 Å². The Morgan fingerprint density at radius 1 is 1.48 bits per heavy atom. The number of ether oxygens (including phenoxy) is 4. The smallest absolute Gasteiger partial charge is 0.344 e. The van der Waals surface area contributed by atoms with Crippen molar-refractivity contribution in [2.24, 2.45) is 5.41 Å². The van der Waals surface area contributed by atoms with Crippen LogP contribution in [-0.2, 0) is 33.3 Å². The fourth-order valence-corrected chi connectivity index (χ4v) is 1.56. The van der Waals surface area contributed by atoms with Crippen molar-refractivity contribution >= 4 is 17.9 Å². The normalized spacial score (nSPS) is 18.0. The first-order chi connectivity index (χ1) is 9.85. The van der Waals surface area contributed by atoms with E-state index in [1.54, 1.807) is 19.9 Å². The molecular weight excluding hydrogens is 280 g/mol. The zero-order valence-corrected chi connectivity index (χ0v) is 12.3. The summed E-state index contributed by atoms with van der Waals surface area (Å²) < 4.78 is 19.7. The Bertz CT molecular complexity index is 414.